The van der Waals surface area contributed by atoms with E-state index in [1.807, 2.05) is 0 Å². The molecular weight excluding hydrogens is 528 g/mol. The summed E-state index contributed by atoms with van der Waals surface area (Å²) in [4.78, 5) is 0. The van der Waals surface area contributed by atoms with Crippen LogP contribution in [-0.2, 0) is 0 Å². The molecule has 0 N–H and O–H groups in total. The van der Waals surface area contributed by atoms with E-state index in [1.165, 1.54) is 99.4 Å². The van der Waals surface area contributed by atoms with Crippen LogP contribution in [0.5, 0.6) is 0 Å². The van der Waals surface area contributed by atoms with Gasteiger partial charge in [0.2, 0.25) is 0 Å². The number of hydrogen-bond acceptors (Lipinski definition) is 0. The second kappa shape index (κ2) is 8.89. The molecule has 0 nitrogen and oxygen atoms in total. The minimum absolute atomic E-state index is 1.23. The van der Waals surface area contributed by atoms with Crippen molar-refractivity contribution in [2.24, 2.45) is 0 Å². The van der Waals surface area contributed by atoms with Crippen LogP contribution in [-0.4, -0.2) is 0 Å². The lowest BCUT2D eigenvalue weighted by molar-refractivity contribution is 1.59. The normalized spacial score (nSPS) is 12.1. The maximum absolute atomic E-state index is 2.43. The molecule has 2 aliphatic rings. The standard InChI is InChI=1S/C44H26/c1-2-10-27(11-3-1)29-21-20-28(30-22-24-40-33-14-6-4-12-31(33)37-17-8-16-36(30)43(37)40)26-42(29)35-23-25-41-34-15-7-5-13-32(34)38-18-9-19-39(35)44(38)41/h1-26H. The molecule has 0 atom stereocenters. The molecule has 0 radical (unpaired) electrons. The first-order valence-corrected chi connectivity index (χ1v) is 15.4. The SMILES string of the molecule is c1ccc(-c2ccc(-c3ccc4c5c(cccc35)-c3ccccc3-4)cc2-c2ccc3c4c(cccc24)-c2ccccc2-3)cc1. The maximum atomic E-state index is 2.43. The summed E-state index contributed by atoms with van der Waals surface area (Å²) in [5, 5.41) is 5.34. The zero-order valence-corrected chi connectivity index (χ0v) is 24.0. The van der Waals surface area contributed by atoms with Gasteiger partial charge in [0.15, 0.2) is 0 Å². The molecule has 0 aliphatic heterocycles. The van der Waals surface area contributed by atoms with E-state index in [-0.39, 0.29) is 0 Å². The molecule has 2 aliphatic carbocycles. The Morgan fingerprint density at radius 3 is 1.23 bits per heavy atom. The van der Waals surface area contributed by atoms with Gasteiger partial charge >= 0.3 is 0 Å². The molecule has 0 fully saturated rings. The van der Waals surface area contributed by atoms with Crippen molar-refractivity contribution in [2.75, 3.05) is 0 Å². The smallest absolute Gasteiger partial charge is 0.00201 e. The van der Waals surface area contributed by atoms with Gasteiger partial charge in [0.1, 0.15) is 0 Å². The van der Waals surface area contributed by atoms with Gasteiger partial charge in [0.05, 0.1) is 0 Å². The molecule has 0 saturated carbocycles. The minimum Gasteiger partial charge on any atom is -0.0622 e. The van der Waals surface area contributed by atoms with Crippen LogP contribution >= 0.6 is 0 Å². The van der Waals surface area contributed by atoms with E-state index in [9.17, 15) is 0 Å². The third-order valence-electron chi connectivity index (χ3n) is 9.80. The van der Waals surface area contributed by atoms with Crippen molar-refractivity contribution in [3.8, 4) is 77.9 Å². The van der Waals surface area contributed by atoms with Crippen molar-refractivity contribution in [1.82, 2.24) is 0 Å². The Bertz CT molecular complexity index is 2420. The van der Waals surface area contributed by atoms with Crippen LogP contribution in [0, 0.1) is 0 Å². The van der Waals surface area contributed by atoms with Gasteiger partial charge in [0.25, 0.3) is 0 Å². The lowest BCUT2D eigenvalue weighted by Gasteiger charge is -2.17. The maximum Gasteiger partial charge on any atom is -0.00201 e. The van der Waals surface area contributed by atoms with Crippen LogP contribution in [0.4, 0.5) is 0 Å². The molecule has 0 bridgehead atoms. The number of rotatable bonds is 3. The topological polar surface area (TPSA) is 0 Å². The van der Waals surface area contributed by atoms with Crippen LogP contribution in [0.3, 0.4) is 0 Å². The summed E-state index contributed by atoms with van der Waals surface area (Å²) in [6, 6.07) is 58.5. The van der Waals surface area contributed by atoms with E-state index in [2.05, 4.69) is 158 Å². The molecule has 10 rings (SSSR count). The molecule has 8 aromatic rings. The molecule has 0 unspecified atom stereocenters. The summed E-state index contributed by atoms with van der Waals surface area (Å²) in [7, 11) is 0. The monoisotopic (exact) mass is 554 g/mol. The van der Waals surface area contributed by atoms with Crippen LogP contribution in [0.2, 0.25) is 0 Å². The third-order valence-corrected chi connectivity index (χ3v) is 9.80. The molecule has 0 heterocycles. The first-order valence-electron chi connectivity index (χ1n) is 15.4. The third kappa shape index (κ3) is 3.17. The van der Waals surface area contributed by atoms with Crippen molar-refractivity contribution in [3.05, 3.63) is 158 Å². The molecule has 44 heavy (non-hydrogen) atoms. The fourth-order valence-electron chi connectivity index (χ4n) is 7.91. The summed E-state index contributed by atoms with van der Waals surface area (Å²) in [6.45, 7) is 0. The van der Waals surface area contributed by atoms with Gasteiger partial charge < -0.3 is 0 Å². The summed E-state index contributed by atoms with van der Waals surface area (Å²) >= 11 is 0. The van der Waals surface area contributed by atoms with Crippen LogP contribution < -0.4 is 0 Å². The molecule has 0 aromatic heterocycles. The molecular formula is C44H26. The first-order chi connectivity index (χ1) is 21.8. The summed E-state index contributed by atoms with van der Waals surface area (Å²) in [6.07, 6.45) is 0. The summed E-state index contributed by atoms with van der Waals surface area (Å²) in [5.41, 5.74) is 18.2. The minimum atomic E-state index is 1.23. The van der Waals surface area contributed by atoms with E-state index in [0.717, 1.165) is 0 Å². The Morgan fingerprint density at radius 2 is 0.636 bits per heavy atom. The average molecular weight is 555 g/mol. The van der Waals surface area contributed by atoms with Crippen molar-refractivity contribution in [3.63, 3.8) is 0 Å². The molecule has 8 aromatic carbocycles. The second-order valence-electron chi connectivity index (χ2n) is 12.0. The Hall–Kier alpha value is -5.72. The van der Waals surface area contributed by atoms with Crippen molar-refractivity contribution < 1.29 is 0 Å². The highest BCUT2D eigenvalue weighted by Gasteiger charge is 2.25. The number of benzene rings is 8. The zero-order valence-electron chi connectivity index (χ0n) is 24.0. The fraction of sp³-hybridized carbons (Fsp3) is 0. The van der Waals surface area contributed by atoms with Crippen LogP contribution in [0.15, 0.2) is 158 Å². The molecule has 0 heteroatoms. The van der Waals surface area contributed by atoms with E-state index in [4.69, 9.17) is 0 Å². The Labute approximate surface area is 256 Å². The molecule has 0 saturated heterocycles. The molecule has 202 valence electrons. The highest BCUT2D eigenvalue weighted by atomic mass is 14.3. The van der Waals surface area contributed by atoms with Gasteiger partial charge in [0, 0.05) is 0 Å². The van der Waals surface area contributed by atoms with Gasteiger partial charge in [-0.15, -0.1) is 0 Å². The van der Waals surface area contributed by atoms with Gasteiger partial charge in [-0.1, -0.05) is 152 Å². The number of hydrogen-bond donors (Lipinski definition) is 0. The summed E-state index contributed by atoms with van der Waals surface area (Å²) < 4.78 is 0. The van der Waals surface area contributed by atoms with Gasteiger partial charge in [-0.05, 0) is 105 Å². The van der Waals surface area contributed by atoms with Gasteiger partial charge in [-0.3, -0.25) is 0 Å². The molecule has 0 spiro atoms. The lowest BCUT2D eigenvalue weighted by atomic mass is 9.86. The highest BCUT2D eigenvalue weighted by Crippen LogP contribution is 2.52. The van der Waals surface area contributed by atoms with E-state index < -0.39 is 0 Å². The predicted molar refractivity (Wildman–Crippen MR) is 187 cm³/mol. The van der Waals surface area contributed by atoms with E-state index in [1.54, 1.807) is 0 Å². The molecule has 0 amide bonds. The Morgan fingerprint density at radius 1 is 0.205 bits per heavy atom. The first kappa shape index (κ1) is 23.8. The van der Waals surface area contributed by atoms with E-state index >= 15 is 0 Å². The van der Waals surface area contributed by atoms with Crippen LogP contribution in [0.25, 0.3) is 99.4 Å². The average Bonchev–Trinajstić information content (AvgIpc) is 3.60. The quantitative estimate of drug-likeness (QED) is 0.204. The van der Waals surface area contributed by atoms with Crippen molar-refractivity contribution >= 4 is 21.5 Å². The van der Waals surface area contributed by atoms with E-state index in [0.29, 0.717) is 0 Å². The van der Waals surface area contributed by atoms with Gasteiger partial charge in [-0.2, -0.15) is 0 Å². The Kier molecular flexibility index (Phi) is 4.81. The van der Waals surface area contributed by atoms with Crippen LogP contribution in [0.1, 0.15) is 0 Å². The zero-order chi connectivity index (χ0) is 28.8. The lowest BCUT2D eigenvalue weighted by Crippen LogP contribution is -1.90. The predicted octanol–water partition coefficient (Wildman–Crippen LogP) is 12.3. The van der Waals surface area contributed by atoms with Gasteiger partial charge in [-0.25, -0.2) is 0 Å². The van der Waals surface area contributed by atoms with Crippen molar-refractivity contribution in [2.45, 2.75) is 0 Å². The largest absolute Gasteiger partial charge is 0.0622 e. The fourth-order valence-corrected chi connectivity index (χ4v) is 7.91. The summed E-state index contributed by atoms with van der Waals surface area (Å²) in [5.74, 6) is 0. The second-order valence-corrected chi connectivity index (χ2v) is 12.0. The Balaban J connectivity index is 1.24. The van der Waals surface area contributed by atoms with Crippen molar-refractivity contribution in [1.29, 1.82) is 0 Å². The number of fused-ring (bicyclic) bond motifs is 6. The highest BCUT2D eigenvalue weighted by molar-refractivity contribution is 6.20.